The zero-order valence-corrected chi connectivity index (χ0v) is 25.0. The maximum atomic E-state index is 13.5. The Balaban J connectivity index is 2.08. The lowest BCUT2D eigenvalue weighted by Gasteiger charge is -2.22. The maximum Gasteiger partial charge on any atom is 0.359 e. The summed E-state index contributed by atoms with van der Waals surface area (Å²) in [6.07, 6.45) is 3.24. The summed E-state index contributed by atoms with van der Waals surface area (Å²) in [6.45, 7) is 5.79. The van der Waals surface area contributed by atoms with Gasteiger partial charge < -0.3 is 18.8 Å². The van der Waals surface area contributed by atoms with Gasteiger partial charge in [-0.15, -0.1) is 0 Å². The summed E-state index contributed by atoms with van der Waals surface area (Å²) >= 11 is 6.36. The van der Waals surface area contributed by atoms with Crippen LogP contribution in [-0.2, 0) is 18.2 Å². The second kappa shape index (κ2) is 12.9. The zero-order chi connectivity index (χ0) is 30.6. The molecule has 12 heteroatoms. The number of carbonyl (C=O) groups excluding carboxylic acids is 1. The van der Waals surface area contributed by atoms with Crippen molar-refractivity contribution in [1.29, 1.82) is 5.26 Å². The van der Waals surface area contributed by atoms with Gasteiger partial charge in [-0.05, 0) is 43.0 Å². The molecule has 11 nitrogen and oxygen atoms in total. The Morgan fingerprint density at radius 3 is 2.48 bits per heavy atom. The number of hydrogen-bond donors (Lipinski definition) is 0. The van der Waals surface area contributed by atoms with Crippen LogP contribution in [0.4, 0.5) is 0 Å². The van der Waals surface area contributed by atoms with Crippen molar-refractivity contribution in [2.45, 2.75) is 39.0 Å². The molecule has 0 aliphatic carbocycles. The maximum absolute atomic E-state index is 13.5. The minimum atomic E-state index is -0.626. The van der Waals surface area contributed by atoms with Gasteiger partial charge in [0, 0.05) is 30.3 Å². The van der Waals surface area contributed by atoms with Crippen molar-refractivity contribution in [3.63, 3.8) is 0 Å². The van der Waals surface area contributed by atoms with Gasteiger partial charge in [-0.25, -0.2) is 14.5 Å². The number of nitrogens with zero attached hydrogens (tertiary/aromatic N) is 6. The second-order valence-electron chi connectivity index (χ2n) is 9.78. The molecule has 0 fully saturated rings. The van der Waals surface area contributed by atoms with Crippen molar-refractivity contribution >= 4 is 17.6 Å². The summed E-state index contributed by atoms with van der Waals surface area (Å²) in [5.74, 6) is -1.17. The number of carbonyl (C=O) groups is 1. The quantitative estimate of drug-likeness (QED) is 0.243. The van der Waals surface area contributed by atoms with Gasteiger partial charge in [-0.1, -0.05) is 37.6 Å². The number of pyridine rings is 1. The molecule has 4 rings (SSSR count). The van der Waals surface area contributed by atoms with Crippen LogP contribution in [0.5, 0.6) is 11.9 Å². The standard InChI is InChI=1S/C30H31ClN6O5/c1-7-42-29(39)25-24(26(17(2)3)37(35-25)23-15-33-30(41-6)34-27(23)40-5)22(19-10-8-18(14-32)9-11-19)13-20-12-21(31)16-36(4)28(20)38/h8-12,15-17,22H,7,13H2,1-6H3. The van der Waals surface area contributed by atoms with Crippen molar-refractivity contribution in [1.82, 2.24) is 24.3 Å². The summed E-state index contributed by atoms with van der Waals surface area (Å²) in [5.41, 5.74) is 3.15. The molecule has 0 radical (unpaired) electrons. The molecule has 3 heterocycles. The van der Waals surface area contributed by atoms with E-state index < -0.39 is 11.9 Å². The number of hydrogen-bond acceptors (Lipinski definition) is 9. The Bertz CT molecular complexity index is 1710. The van der Waals surface area contributed by atoms with Gasteiger partial charge in [0.2, 0.25) is 5.88 Å². The molecule has 42 heavy (non-hydrogen) atoms. The lowest BCUT2D eigenvalue weighted by Crippen LogP contribution is -2.23. The van der Waals surface area contributed by atoms with Gasteiger partial charge in [0.15, 0.2) is 5.69 Å². The van der Waals surface area contributed by atoms with E-state index in [1.807, 2.05) is 26.0 Å². The van der Waals surface area contributed by atoms with Crippen LogP contribution >= 0.6 is 11.6 Å². The number of esters is 1. The van der Waals surface area contributed by atoms with Gasteiger partial charge in [0.25, 0.3) is 5.56 Å². The lowest BCUT2D eigenvalue weighted by atomic mass is 9.82. The fourth-order valence-electron chi connectivity index (χ4n) is 4.89. The number of aromatic nitrogens is 5. The number of halogens is 1. The molecule has 1 aromatic carbocycles. The first-order valence-corrected chi connectivity index (χ1v) is 13.6. The monoisotopic (exact) mass is 590 g/mol. The van der Waals surface area contributed by atoms with E-state index in [2.05, 4.69) is 16.0 Å². The van der Waals surface area contributed by atoms with Crippen molar-refractivity contribution in [2.24, 2.45) is 7.05 Å². The highest BCUT2D eigenvalue weighted by Gasteiger charge is 2.34. The zero-order valence-electron chi connectivity index (χ0n) is 24.2. The van der Waals surface area contributed by atoms with E-state index in [4.69, 9.17) is 30.9 Å². The molecule has 0 aliphatic heterocycles. The molecule has 0 saturated carbocycles. The largest absolute Gasteiger partial charge is 0.479 e. The Hall–Kier alpha value is -4.69. The SMILES string of the molecule is CCOC(=O)c1nn(-c2cnc(OC)nc2OC)c(C(C)C)c1C(Cc1cc(Cl)cn(C)c1=O)c1ccc(C#N)cc1. The second-order valence-corrected chi connectivity index (χ2v) is 10.2. The van der Waals surface area contributed by atoms with Gasteiger partial charge in [-0.2, -0.15) is 15.3 Å². The number of methoxy groups -OCH3 is 2. The average Bonchev–Trinajstić information content (AvgIpc) is 3.38. The topological polar surface area (TPSA) is 134 Å². The Kier molecular flexibility index (Phi) is 9.28. The summed E-state index contributed by atoms with van der Waals surface area (Å²) < 4.78 is 19.2. The molecule has 1 unspecified atom stereocenters. The number of aryl methyl sites for hydroxylation is 1. The molecular formula is C30H31ClN6O5. The van der Waals surface area contributed by atoms with Gasteiger partial charge in [0.1, 0.15) is 5.69 Å². The molecule has 218 valence electrons. The van der Waals surface area contributed by atoms with E-state index in [1.54, 1.807) is 43.0 Å². The minimum Gasteiger partial charge on any atom is -0.479 e. The third-order valence-corrected chi connectivity index (χ3v) is 6.94. The van der Waals surface area contributed by atoms with Crippen molar-refractivity contribution in [3.05, 3.63) is 91.7 Å². The predicted molar refractivity (Wildman–Crippen MR) is 156 cm³/mol. The van der Waals surface area contributed by atoms with Crippen LogP contribution in [0.15, 0.2) is 47.5 Å². The Morgan fingerprint density at radius 1 is 1.17 bits per heavy atom. The van der Waals surface area contributed by atoms with Crippen LogP contribution in [0.25, 0.3) is 5.69 Å². The van der Waals surface area contributed by atoms with Crippen LogP contribution in [-0.4, -0.2) is 51.1 Å². The summed E-state index contributed by atoms with van der Waals surface area (Å²) in [6, 6.07) is 10.9. The molecule has 0 aliphatic rings. The summed E-state index contributed by atoms with van der Waals surface area (Å²) in [7, 11) is 4.54. The lowest BCUT2D eigenvalue weighted by molar-refractivity contribution is 0.0517. The van der Waals surface area contributed by atoms with Crippen LogP contribution in [0, 0.1) is 11.3 Å². The molecule has 4 aromatic rings. The van der Waals surface area contributed by atoms with Gasteiger partial charge in [0.05, 0.1) is 49.4 Å². The molecule has 0 spiro atoms. The number of nitriles is 1. The smallest absolute Gasteiger partial charge is 0.359 e. The van der Waals surface area contributed by atoms with Gasteiger partial charge >= 0.3 is 12.0 Å². The Morgan fingerprint density at radius 2 is 1.88 bits per heavy atom. The number of ether oxygens (including phenoxy) is 3. The highest BCUT2D eigenvalue weighted by molar-refractivity contribution is 6.30. The van der Waals surface area contributed by atoms with E-state index in [0.717, 1.165) is 5.56 Å². The normalized spacial score (nSPS) is 11.7. The molecule has 0 N–H and O–H groups in total. The van der Waals surface area contributed by atoms with Crippen molar-refractivity contribution < 1.29 is 19.0 Å². The minimum absolute atomic E-state index is 0.0756. The van der Waals surface area contributed by atoms with Crippen LogP contribution in [0.3, 0.4) is 0 Å². The first-order valence-electron chi connectivity index (χ1n) is 13.2. The number of benzene rings is 1. The molecule has 0 bridgehead atoms. The van der Waals surface area contributed by atoms with E-state index in [0.29, 0.717) is 33.1 Å². The molecule has 0 saturated heterocycles. The van der Waals surface area contributed by atoms with E-state index in [-0.39, 0.29) is 42.1 Å². The third kappa shape index (κ3) is 5.99. The summed E-state index contributed by atoms with van der Waals surface area (Å²) in [4.78, 5) is 35.3. The first-order chi connectivity index (χ1) is 20.1. The fraction of sp³-hybridized carbons (Fsp3) is 0.333. The van der Waals surface area contributed by atoms with Gasteiger partial charge in [-0.3, -0.25) is 4.79 Å². The highest BCUT2D eigenvalue weighted by Crippen LogP contribution is 2.39. The Labute approximate surface area is 248 Å². The van der Waals surface area contributed by atoms with Crippen molar-refractivity contribution in [3.8, 4) is 23.6 Å². The van der Waals surface area contributed by atoms with E-state index >= 15 is 0 Å². The summed E-state index contributed by atoms with van der Waals surface area (Å²) in [5, 5.41) is 14.6. The first kappa shape index (κ1) is 30.3. The number of rotatable bonds is 10. The average molecular weight is 591 g/mol. The fourth-order valence-corrected chi connectivity index (χ4v) is 5.17. The van der Waals surface area contributed by atoms with E-state index in [1.165, 1.54) is 25.0 Å². The molecule has 3 aromatic heterocycles. The molecule has 1 atom stereocenters. The third-order valence-electron chi connectivity index (χ3n) is 6.73. The molecular weight excluding hydrogens is 560 g/mol. The highest BCUT2D eigenvalue weighted by atomic mass is 35.5. The van der Waals surface area contributed by atoms with Crippen LogP contribution in [0.1, 0.15) is 71.0 Å². The predicted octanol–water partition coefficient (Wildman–Crippen LogP) is 4.58. The van der Waals surface area contributed by atoms with Crippen LogP contribution < -0.4 is 15.0 Å². The van der Waals surface area contributed by atoms with Crippen molar-refractivity contribution in [2.75, 3.05) is 20.8 Å². The molecule has 0 amide bonds. The van der Waals surface area contributed by atoms with Crippen LogP contribution in [0.2, 0.25) is 5.02 Å². The van der Waals surface area contributed by atoms with E-state index in [9.17, 15) is 14.9 Å².